The second kappa shape index (κ2) is 7.16. The summed E-state index contributed by atoms with van der Waals surface area (Å²) in [4.78, 5) is 25.7. The van der Waals surface area contributed by atoms with Crippen LogP contribution >= 0.6 is 0 Å². The molecular formula is C17H21N5O2. The number of nitrogens with one attached hydrogen (secondary N) is 3. The van der Waals surface area contributed by atoms with Crippen LogP contribution in [0.2, 0.25) is 0 Å². The number of benzene rings is 1. The van der Waals surface area contributed by atoms with Crippen LogP contribution in [-0.2, 0) is 4.79 Å². The van der Waals surface area contributed by atoms with E-state index in [0.717, 1.165) is 24.8 Å². The van der Waals surface area contributed by atoms with Crippen LogP contribution in [0.25, 0.3) is 0 Å². The van der Waals surface area contributed by atoms with Gasteiger partial charge in [0, 0.05) is 36.6 Å². The smallest absolute Gasteiger partial charge is 0.322 e. The van der Waals surface area contributed by atoms with Gasteiger partial charge in [-0.3, -0.25) is 9.89 Å². The number of piperidine rings is 1. The average Bonchev–Trinajstić information content (AvgIpc) is 3.09. The maximum absolute atomic E-state index is 12.7. The molecule has 1 fully saturated rings. The summed E-state index contributed by atoms with van der Waals surface area (Å²) in [5, 5.41) is 12.4. The molecule has 1 aromatic carbocycles. The zero-order chi connectivity index (χ0) is 16.9. The fourth-order valence-electron chi connectivity index (χ4n) is 3.04. The second-order valence-electron chi connectivity index (χ2n) is 5.93. The van der Waals surface area contributed by atoms with Crippen molar-refractivity contribution in [3.63, 3.8) is 0 Å². The van der Waals surface area contributed by atoms with E-state index in [0.29, 0.717) is 17.9 Å². The lowest BCUT2D eigenvalue weighted by Gasteiger charge is -2.35. The minimum absolute atomic E-state index is 0.0380. The van der Waals surface area contributed by atoms with Crippen molar-refractivity contribution in [2.75, 3.05) is 17.2 Å². The minimum atomic E-state index is -0.144. The van der Waals surface area contributed by atoms with Gasteiger partial charge in [-0.05, 0) is 37.5 Å². The second-order valence-corrected chi connectivity index (χ2v) is 5.93. The summed E-state index contributed by atoms with van der Waals surface area (Å²) >= 11 is 0. The molecule has 7 nitrogen and oxygen atoms in total. The van der Waals surface area contributed by atoms with Crippen LogP contribution in [0.4, 0.5) is 16.2 Å². The molecule has 0 bridgehead atoms. The van der Waals surface area contributed by atoms with Gasteiger partial charge in [0.25, 0.3) is 0 Å². The predicted octanol–water partition coefficient (Wildman–Crippen LogP) is 3.13. The fourth-order valence-corrected chi connectivity index (χ4v) is 3.04. The summed E-state index contributed by atoms with van der Waals surface area (Å²) in [6, 6.07) is 7.03. The van der Waals surface area contributed by atoms with E-state index in [1.807, 2.05) is 11.1 Å². The van der Waals surface area contributed by atoms with E-state index in [1.54, 1.807) is 30.5 Å². The molecule has 1 aliphatic heterocycles. The van der Waals surface area contributed by atoms with Gasteiger partial charge in [0.2, 0.25) is 5.91 Å². The van der Waals surface area contributed by atoms with E-state index in [1.165, 1.54) is 6.92 Å². The summed E-state index contributed by atoms with van der Waals surface area (Å²) < 4.78 is 0. The van der Waals surface area contributed by atoms with E-state index >= 15 is 0 Å². The average molecular weight is 327 g/mol. The minimum Gasteiger partial charge on any atom is -0.326 e. The number of aromatic nitrogens is 2. The Labute approximate surface area is 140 Å². The van der Waals surface area contributed by atoms with Crippen molar-refractivity contribution in [1.29, 1.82) is 0 Å². The van der Waals surface area contributed by atoms with Crippen LogP contribution < -0.4 is 10.6 Å². The normalized spacial score (nSPS) is 17.4. The Morgan fingerprint density at radius 2 is 2.04 bits per heavy atom. The van der Waals surface area contributed by atoms with Crippen molar-refractivity contribution in [2.45, 2.75) is 32.2 Å². The Bertz CT molecular complexity index is 714. The number of anilines is 2. The molecule has 0 radical (unpaired) electrons. The van der Waals surface area contributed by atoms with E-state index in [9.17, 15) is 9.59 Å². The maximum Gasteiger partial charge on any atom is 0.322 e. The van der Waals surface area contributed by atoms with Crippen LogP contribution in [-0.4, -0.2) is 33.6 Å². The highest BCUT2D eigenvalue weighted by atomic mass is 16.2. The van der Waals surface area contributed by atoms with E-state index < -0.39 is 0 Å². The molecule has 3 amide bonds. The first kappa shape index (κ1) is 16.0. The van der Waals surface area contributed by atoms with Crippen LogP contribution in [0.15, 0.2) is 36.7 Å². The van der Waals surface area contributed by atoms with Gasteiger partial charge in [-0.1, -0.05) is 6.07 Å². The molecule has 0 aliphatic carbocycles. The number of urea groups is 1. The Hall–Kier alpha value is -2.83. The quantitative estimate of drug-likeness (QED) is 0.809. The van der Waals surface area contributed by atoms with Gasteiger partial charge in [0.15, 0.2) is 0 Å². The Balaban J connectivity index is 1.72. The van der Waals surface area contributed by atoms with Gasteiger partial charge in [0.05, 0.1) is 12.2 Å². The lowest BCUT2D eigenvalue weighted by atomic mass is 9.98. The van der Waals surface area contributed by atoms with E-state index in [4.69, 9.17) is 0 Å². The Morgan fingerprint density at radius 3 is 2.75 bits per heavy atom. The SMILES string of the molecule is CC(=O)Nc1cccc(NC(=O)N2CCCCC2c2cn[nH]c2)c1. The van der Waals surface area contributed by atoms with Crippen molar-refractivity contribution in [1.82, 2.24) is 15.1 Å². The van der Waals surface area contributed by atoms with Gasteiger partial charge < -0.3 is 15.5 Å². The molecule has 0 saturated carbocycles. The zero-order valence-electron chi connectivity index (χ0n) is 13.6. The van der Waals surface area contributed by atoms with Gasteiger partial charge in [-0.2, -0.15) is 5.10 Å². The van der Waals surface area contributed by atoms with Crippen LogP contribution in [0, 0.1) is 0 Å². The van der Waals surface area contributed by atoms with Crippen molar-refractivity contribution < 1.29 is 9.59 Å². The number of likely N-dealkylation sites (tertiary alicyclic amines) is 1. The maximum atomic E-state index is 12.7. The first-order chi connectivity index (χ1) is 11.6. The van der Waals surface area contributed by atoms with Crippen LogP contribution in [0.1, 0.15) is 37.8 Å². The third-order valence-corrected chi connectivity index (χ3v) is 4.10. The number of hydrogen-bond donors (Lipinski definition) is 3. The van der Waals surface area contributed by atoms with E-state index in [2.05, 4.69) is 20.8 Å². The fraction of sp³-hybridized carbons (Fsp3) is 0.353. The molecule has 7 heteroatoms. The molecule has 1 unspecified atom stereocenters. The number of aromatic amines is 1. The predicted molar refractivity (Wildman–Crippen MR) is 91.7 cm³/mol. The Kier molecular flexibility index (Phi) is 4.79. The first-order valence-electron chi connectivity index (χ1n) is 8.07. The third kappa shape index (κ3) is 3.73. The summed E-state index contributed by atoms with van der Waals surface area (Å²) in [6.07, 6.45) is 6.63. The highest BCUT2D eigenvalue weighted by Gasteiger charge is 2.28. The van der Waals surface area contributed by atoms with Crippen molar-refractivity contribution >= 4 is 23.3 Å². The van der Waals surface area contributed by atoms with Gasteiger partial charge in [-0.25, -0.2) is 4.79 Å². The van der Waals surface area contributed by atoms with Gasteiger partial charge >= 0.3 is 6.03 Å². The number of hydrogen-bond acceptors (Lipinski definition) is 3. The number of carbonyl (C=O) groups excluding carboxylic acids is 2. The third-order valence-electron chi connectivity index (χ3n) is 4.10. The number of amides is 3. The van der Waals surface area contributed by atoms with Gasteiger partial charge in [0.1, 0.15) is 0 Å². The monoisotopic (exact) mass is 327 g/mol. The zero-order valence-corrected chi connectivity index (χ0v) is 13.6. The summed E-state index contributed by atoms with van der Waals surface area (Å²) in [5.41, 5.74) is 2.34. The summed E-state index contributed by atoms with van der Waals surface area (Å²) in [5.74, 6) is -0.144. The molecule has 3 N–H and O–H groups in total. The molecule has 2 aromatic rings. The lowest BCUT2D eigenvalue weighted by Crippen LogP contribution is -2.41. The van der Waals surface area contributed by atoms with Crippen molar-refractivity contribution in [2.24, 2.45) is 0 Å². The van der Waals surface area contributed by atoms with Gasteiger partial charge in [-0.15, -0.1) is 0 Å². The number of H-pyrrole nitrogens is 1. The Morgan fingerprint density at radius 1 is 1.25 bits per heavy atom. The van der Waals surface area contributed by atoms with Crippen LogP contribution in [0.5, 0.6) is 0 Å². The molecule has 1 aromatic heterocycles. The molecule has 2 heterocycles. The van der Waals surface area contributed by atoms with E-state index in [-0.39, 0.29) is 18.0 Å². The molecule has 0 spiro atoms. The molecule has 126 valence electrons. The van der Waals surface area contributed by atoms with Crippen molar-refractivity contribution in [3.8, 4) is 0 Å². The summed E-state index contributed by atoms with van der Waals surface area (Å²) in [6.45, 7) is 2.17. The largest absolute Gasteiger partial charge is 0.326 e. The highest BCUT2D eigenvalue weighted by molar-refractivity contribution is 5.92. The lowest BCUT2D eigenvalue weighted by molar-refractivity contribution is -0.114. The molecule has 1 aliphatic rings. The molecule has 1 atom stereocenters. The summed E-state index contributed by atoms with van der Waals surface area (Å²) in [7, 11) is 0. The van der Waals surface area contributed by atoms with Crippen LogP contribution in [0.3, 0.4) is 0 Å². The van der Waals surface area contributed by atoms with Crippen molar-refractivity contribution in [3.05, 3.63) is 42.2 Å². The number of nitrogens with zero attached hydrogens (tertiary/aromatic N) is 2. The number of rotatable bonds is 3. The standard InChI is InChI=1S/C17H21N5O2/c1-12(23)20-14-5-4-6-15(9-14)21-17(24)22-8-3-2-7-16(22)13-10-18-19-11-13/h4-6,9-11,16H,2-3,7-8H2,1H3,(H,18,19)(H,20,23)(H,21,24). The number of carbonyl (C=O) groups is 2. The topological polar surface area (TPSA) is 90.1 Å². The molecule has 1 saturated heterocycles. The molecule has 3 rings (SSSR count). The highest BCUT2D eigenvalue weighted by Crippen LogP contribution is 2.31. The molecular weight excluding hydrogens is 306 g/mol. The first-order valence-corrected chi connectivity index (χ1v) is 8.07. The molecule has 24 heavy (non-hydrogen) atoms.